The van der Waals surface area contributed by atoms with Gasteiger partial charge >= 0.3 is 0 Å². The molecule has 0 saturated heterocycles. The minimum absolute atomic E-state index is 0.0392. The van der Waals surface area contributed by atoms with Crippen molar-refractivity contribution in [2.24, 2.45) is 5.73 Å². The van der Waals surface area contributed by atoms with Gasteiger partial charge in [-0.25, -0.2) is 16.8 Å². The molecule has 3 N–H and O–H groups in total. The normalized spacial score (nSPS) is 12.2. The van der Waals surface area contributed by atoms with E-state index in [2.05, 4.69) is 0 Å². The smallest absolute Gasteiger partial charge is 0.179 e. The average molecular weight is 350 g/mol. The van der Waals surface area contributed by atoms with E-state index in [-0.39, 0.29) is 22.2 Å². The van der Waals surface area contributed by atoms with Crippen LogP contribution in [-0.4, -0.2) is 51.9 Å². The lowest BCUT2D eigenvalue weighted by atomic mass is 10.2. The molecule has 0 heterocycles. The van der Waals surface area contributed by atoms with Crippen LogP contribution < -0.4 is 5.73 Å². The van der Waals surface area contributed by atoms with E-state index >= 15 is 0 Å². The van der Waals surface area contributed by atoms with Gasteiger partial charge in [-0.05, 0) is 12.1 Å². The standard InChI is InChI=1S/C12H18N2O4S3/c1-20(15,16)7-5-19-6-8-21(17,18)11-4-2-3-10(9-11)12(13)14/h2-4,9H,5-8H2,1H3,(H3,13,14). The Hall–Kier alpha value is -1.06. The Balaban J connectivity index is 2.62. The summed E-state index contributed by atoms with van der Waals surface area (Å²) in [6, 6.07) is 5.95. The maximum Gasteiger partial charge on any atom is 0.179 e. The highest BCUT2D eigenvalue weighted by Crippen LogP contribution is 2.15. The van der Waals surface area contributed by atoms with Crippen molar-refractivity contribution >= 4 is 37.3 Å². The largest absolute Gasteiger partial charge is 0.384 e. The quantitative estimate of drug-likeness (QED) is 0.401. The Kier molecular flexibility index (Phi) is 6.24. The maximum atomic E-state index is 12.1. The number of rotatable bonds is 8. The van der Waals surface area contributed by atoms with Crippen LogP contribution in [0.15, 0.2) is 29.2 Å². The summed E-state index contributed by atoms with van der Waals surface area (Å²) in [4.78, 5) is 0.124. The molecule has 0 amide bonds. The molecule has 1 aromatic carbocycles. The van der Waals surface area contributed by atoms with Crippen molar-refractivity contribution in [3.05, 3.63) is 29.8 Å². The Bertz CT molecular complexity index is 712. The molecule has 0 aliphatic rings. The van der Waals surface area contributed by atoms with Crippen molar-refractivity contribution < 1.29 is 16.8 Å². The summed E-state index contributed by atoms with van der Waals surface area (Å²) in [7, 11) is -6.47. The van der Waals surface area contributed by atoms with Crippen LogP contribution in [0.4, 0.5) is 0 Å². The first kappa shape index (κ1) is 18.0. The van der Waals surface area contributed by atoms with Crippen molar-refractivity contribution in [2.45, 2.75) is 4.90 Å². The fraction of sp³-hybridized carbons (Fsp3) is 0.417. The first-order valence-corrected chi connectivity index (χ1v) is 10.9. The predicted octanol–water partition coefficient (Wildman–Crippen LogP) is 0.522. The first-order valence-electron chi connectivity index (χ1n) is 6.04. The van der Waals surface area contributed by atoms with E-state index < -0.39 is 19.7 Å². The molecule has 0 fully saturated rings. The van der Waals surface area contributed by atoms with Crippen LogP contribution in [0.2, 0.25) is 0 Å². The Morgan fingerprint density at radius 1 is 1.19 bits per heavy atom. The molecular formula is C12H18N2O4S3. The first-order chi connectivity index (χ1) is 9.62. The van der Waals surface area contributed by atoms with E-state index in [1.165, 1.54) is 23.9 Å². The zero-order chi connectivity index (χ0) is 16.1. The topological polar surface area (TPSA) is 118 Å². The molecule has 1 rings (SSSR count). The van der Waals surface area contributed by atoms with Gasteiger partial charge in [-0.2, -0.15) is 11.8 Å². The molecule has 118 valence electrons. The minimum Gasteiger partial charge on any atom is -0.384 e. The van der Waals surface area contributed by atoms with E-state index in [0.29, 0.717) is 17.1 Å². The van der Waals surface area contributed by atoms with E-state index in [0.717, 1.165) is 6.26 Å². The number of nitrogens with one attached hydrogen (secondary N) is 1. The minimum atomic E-state index is -3.45. The second kappa shape index (κ2) is 7.28. The summed E-state index contributed by atoms with van der Waals surface area (Å²) in [6.07, 6.45) is 1.15. The molecule has 9 heteroatoms. The Morgan fingerprint density at radius 3 is 2.38 bits per heavy atom. The number of thioether (sulfide) groups is 1. The van der Waals surface area contributed by atoms with Gasteiger partial charge < -0.3 is 5.73 Å². The molecule has 1 aromatic rings. The molecule has 0 spiro atoms. The van der Waals surface area contributed by atoms with Gasteiger partial charge in [-0.1, -0.05) is 12.1 Å². The van der Waals surface area contributed by atoms with Gasteiger partial charge in [0, 0.05) is 23.3 Å². The van der Waals surface area contributed by atoms with Crippen molar-refractivity contribution in [3.63, 3.8) is 0 Å². The number of nitrogen functional groups attached to an aromatic ring is 1. The van der Waals surface area contributed by atoms with Gasteiger partial charge in [0.25, 0.3) is 0 Å². The fourth-order valence-corrected chi connectivity index (χ4v) is 5.52. The molecule has 0 aromatic heterocycles. The van der Waals surface area contributed by atoms with Crippen LogP contribution in [-0.2, 0) is 19.7 Å². The van der Waals surface area contributed by atoms with Crippen molar-refractivity contribution in [1.29, 1.82) is 5.41 Å². The molecule has 0 atom stereocenters. The van der Waals surface area contributed by atoms with E-state index in [9.17, 15) is 16.8 Å². The summed E-state index contributed by atoms with van der Waals surface area (Å²) < 4.78 is 46.1. The monoisotopic (exact) mass is 350 g/mol. The lowest BCUT2D eigenvalue weighted by Gasteiger charge is -2.06. The molecule has 21 heavy (non-hydrogen) atoms. The van der Waals surface area contributed by atoms with E-state index in [1.807, 2.05) is 0 Å². The van der Waals surface area contributed by atoms with Crippen LogP contribution in [0.25, 0.3) is 0 Å². The summed E-state index contributed by atoms with van der Waals surface area (Å²) in [6.45, 7) is 0. The predicted molar refractivity (Wildman–Crippen MR) is 86.5 cm³/mol. The third-order valence-corrected chi connectivity index (χ3v) is 6.76. The number of sulfone groups is 2. The summed E-state index contributed by atoms with van der Waals surface area (Å²) in [5.74, 6) is 0.471. The highest BCUT2D eigenvalue weighted by Gasteiger charge is 2.15. The number of nitrogens with two attached hydrogens (primary N) is 1. The third kappa shape index (κ3) is 6.49. The summed E-state index contributed by atoms with van der Waals surface area (Å²) in [5.41, 5.74) is 5.70. The van der Waals surface area contributed by atoms with Crippen LogP contribution in [0, 0.1) is 5.41 Å². The maximum absolute atomic E-state index is 12.1. The number of benzene rings is 1. The van der Waals surface area contributed by atoms with Crippen LogP contribution >= 0.6 is 11.8 Å². The molecule has 0 unspecified atom stereocenters. The second-order valence-corrected chi connectivity index (χ2v) is 10.1. The molecule has 0 aliphatic heterocycles. The third-order valence-electron chi connectivity index (χ3n) is 2.60. The molecule has 0 saturated carbocycles. The highest BCUT2D eigenvalue weighted by atomic mass is 32.2. The number of hydrogen-bond donors (Lipinski definition) is 2. The van der Waals surface area contributed by atoms with Gasteiger partial charge in [0.1, 0.15) is 15.7 Å². The van der Waals surface area contributed by atoms with Crippen LogP contribution in [0.3, 0.4) is 0 Å². The molecule has 0 aliphatic carbocycles. The van der Waals surface area contributed by atoms with Crippen LogP contribution in [0.1, 0.15) is 5.56 Å². The summed E-state index contributed by atoms with van der Waals surface area (Å²) >= 11 is 1.29. The van der Waals surface area contributed by atoms with E-state index in [1.54, 1.807) is 12.1 Å². The molecule has 6 nitrogen and oxygen atoms in total. The molecule has 0 radical (unpaired) electrons. The van der Waals surface area contributed by atoms with Gasteiger partial charge in [0.05, 0.1) is 16.4 Å². The summed E-state index contributed by atoms with van der Waals surface area (Å²) in [5, 5.41) is 7.31. The Morgan fingerprint density at radius 2 is 1.81 bits per heavy atom. The van der Waals surface area contributed by atoms with Gasteiger partial charge in [0.15, 0.2) is 9.84 Å². The number of hydrogen-bond acceptors (Lipinski definition) is 6. The number of amidine groups is 1. The van der Waals surface area contributed by atoms with Crippen molar-refractivity contribution in [2.75, 3.05) is 29.3 Å². The van der Waals surface area contributed by atoms with Gasteiger partial charge in [-0.3, -0.25) is 5.41 Å². The fourth-order valence-electron chi connectivity index (χ4n) is 1.46. The lowest BCUT2D eigenvalue weighted by Crippen LogP contribution is -2.14. The van der Waals surface area contributed by atoms with E-state index in [4.69, 9.17) is 11.1 Å². The SMILES string of the molecule is CS(=O)(=O)CCSCCS(=O)(=O)c1cccc(C(=N)N)c1. The van der Waals surface area contributed by atoms with Gasteiger partial charge in [0.2, 0.25) is 0 Å². The lowest BCUT2D eigenvalue weighted by molar-refractivity contribution is 0.597. The Labute approximate surface area is 129 Å². The second-order valence-electron chi connectivity index (χ2n) is 4.50. The van der Waals surface area contributed by atoms with Gasteiger partial charge in [-0.15, -0.1) is 0 Å². The van der Waals surface area contributed by atoms with Crippen molar-refractivity contribution in [1.82, 2.24) is 0 Å². The van der Waals surface area contributed by atoms with Crippen LogP contribution in [0.5, 0.6) is 0 Å². The molecule has 0 bridgehead atoms. The zero-order valence-electron chi connectivity index (χ0n) is 11.6. The zero-order valence-corrected chi connectivity index (χ0v) is 14.0. The molecular weight excluding hydrogens is 332 g/mol. The van der Waals surface area contributed by atoms with Crippen molar-refractivity contribution in [3.8, 4) is 0 Å². The average Bonchev–Trinajstić information content (AvgIpc) is 2.37. The highest BCUT2D eigenvalue weighted by molar-refractivity contribution is 8.01.